The molecule has 1 aromatic carbocycles. The van der Waals surface area contributed by atoms with E-state index < -0.39 is 10.8 Å². The smallest absolute Gasteiger partial charge is 0.269 e. The maximum absolute atomic E-state index is 12.0. The monoisotopic (exact) mass is 277 g/mol. The summed E-state index contributed by atoms with van der Waals surface area (Å²) in [5, 5.41) is 13.5. The van der Waals surface area contributed by atoms with Crippen molar-refractivity contribution in [2.24, 2.45) is 11.7 Å². The molecule has 0 aliphatic heterocycles. The second-order valence-electron chi connectivity index (χ2n) is 5.32. The van der Waals surface area contributed by atoms with Crippen molar-refractivity contribution in [1.29, 1.82) is 0 Å². The van der Waals surface area contributed by atoms with Crippen LogP contribution in [0.15, 0.2) is 24.3 Å². The summed E-state index contributed by atoms with van der Waals surface area (Å²) in [5.41, 5.74) is 6.56. The van der Waals surface area contributed by atoms with E-state index in [0.717, 1.165) is 12.8 Å². The van der Waals surface area contributed by atoms with E-state index in [9.17, 15) is 14.9 Å². The van der Waals surface area contributed by atoms with Crippen LogP contribution < -0.4 is 11.1 Å². The van der Waals surface area contributed by atoms with Gasteiger partial charge in [-0.1, -0.05) is 12.1 Å². The number of carbonyl (C=O) groups is 1. The molecule has 1 fully saturated rings. The van der Waals surface area contributed by atoms with E-state index in [2.05, 4.69) is 5.32 Å². The fourth-order valence-electron chi connectivity index (χ4n) is 2.12. The first-order chi connectivity index (χ1) is 9.49. The van der Waals surface area contributed by atoms with Crippen molar-refractivity contribution < 1.29 is 9.72 Å². The second kappa shape index (κ2) is 6.00. The Balaban J connectivity index is 1.95. The van der Waals surface area contributed by atoms with E-state index in [1.54, 1.807) is 19.1 Å². The molecule has 1 amide bonds. The summed E-state index contributed by atoms with van der Waals surface area (Å²) in [6, 6.07) is 6.17. The molecule has 0 saturated heterocycles. The average molecular weight is 277 g/mol. The van der Waals surface area contributed by atoms with Crippen LogP contribution in [0.2, 0.25) is 0 Å². The van der Waals surface area contributed by atoms with Crippen LogP contribution in [0.5, 0.6) is 0 Å². The van der Waals surface area contributed by atoms with Crippen molar-refractivity contribution in [3.8, 4) is 0 Å². The summed E-state index contributed by atoms with van der Waals surface area (Å²) in [5.74, 6) is -0.0497. The number of nitrogens with one attached hydrogen (secondary N) is 1. The van der Waals surface area contributed by atoms with Crippen molar-refractivity contribution in [2.45, 2.75) is 31.7 Å². The Hall–Kier alpha value is -1.95. The highest BCUT2D eigenvalue weighted by Gasteiger charge is 2.29. The van der Waals surface area contributed by atoms with E-state index >= 15 is 0 Å². The molecule has 2 atom stereocenters. The van der Waals surface area contributed by atoms with Crippen molar-refractivity contribution in [3.63, 3.8) is 0 Å². The highest BCUT2D eigenvalue weighted by molar-refractivity contribution is 5.83. The number of hydrogen-bond donors (Lipinski definition) is 2. The Labute approximate surface area is 117 Å². The molecule has 1 aromatic rings. The Bertz CT molecular complexity index is 514. The van der Waals surface area contributed by atoms with Gasteiger partial charge >= 0.3 is 0 Å². The van der Waals surface area contributed by atoms with E-state index in [0.29, 0.717) is 18.0 Å². The van der Waals surface area contributed by atoms with Crippen LogP contribution >= 0.6 is 0 Å². The summed E-state index contributed by atoms with van der Waals surface area (Å²) in [6.45, 7) is 2.19. The molecule has 2 rings (SSSR count). The SMILES string of the molecule is CC(C(=O)NCC(N)C1CC1)c1cccc([N+](=O)[O-])c1. The molecule has 1 aliphatic carbocycles. The molecule has 20 heavy (non-hydrogen) atoms. The quantitative estimate of drug-likeness (QED) is 0.608. The number of benzene rings is 1. The molecule has 0 spiro atoms. The first-order valence-corrected chi connectivity index (χ1v) is 6.76. The van der Waals surface area contributed by atoms with Crippen LogP contribution in [0, 0.1) is 16.0 Å². The van der Waals surface area contributed by atoms with Crippen molar-refractivity contribution in [1.82, 2.24) is 5.32 Å². The van der Waals surface area contributed by atoms with Crippen LogP contribution in [0.4, 0.5) is 5.69 Å². The fourth-order valence-corrected chi connectivity index (χ4v) is 2.12. The maximum Gasteiger partial charge on any atom is 0.269 e. The topological polar surface area (TPSA) is 98.3 Å². The molecule has 0 aromatic heterocycles. The van der Waals surface area contributed by atoms with E-state index in [1.165, 1.54) is 12.1 Å². The number of nitrogens with two attached hydrogens (primary N) is 1. The van der Waals surface area contributed by atoms with E-state index in [1.807, 2.05) is 0 Å². The van der Waals surface area contributed by atoms with Crippen LogP contribution in [0.25, 0.3) is 0 Å². The number of non-ortho nitro benzene ring substituents is 1. The van der Waals surface area contributed by atoms with Gasteiger partial charge in [-0.2, -0.15) is 0 Å². The minimum absolute atomic E-state index is 0.00293. The van der Waals surface area contributed by atoms with Gasteiger partial charge in [0.1, 0.15) is 0 Å². The lowest BCUT2D eigenvalue weighted by atomic mass is 9.99. The van der Waals surface area contributed by atoms with Gasteiger partial charge in [-0.3, -0.25) is 14.9 Å². The lowest BCUT2D eigenvalue weighted by molar-refractivity contribution is -0.384. The molecule has 0 heterocycles. The fraction of sp³-hybridized carbons (Fsp3) is 0.500. The Morgan fingerprint density at radius 1 is 1.55 bits per heavy atom. The zero-order valence-electron chi connectivity index (χ0n) is 11.4. The predicted octanol–water partition coefficient (Wildman–Crippen LogP) is 1.55. The molecule has 108 valence electrons. The molecule has 6 nitrogen and oxygen atoms in total. The maximum atomic E-state index is 12.0. The van der Waals surface area contributed by atoms with Crippen molar-refractivity contribution >= 4 is 11.6 Å². The third-order valence-corrected chi connectivity index (χ3v) is 3.71. The summed E-state index contributed by atoms with van der Waals surface area (Å²) < 4.78 is 0. The Morgan fingerprint density at radius 2 is 2.25 bits per heavy atom. The molecule has 3 N–H and O–H groups in total. The highest BCUT2D eigenvalue weighted by atomic mass is 16.6. The van der Waals surface area contributed by atoms with Crippen LogP contribution in [-0.2, 0) is 4.79 Å². The van der Waals surface area contributed by atoms with Gasteiger partial charge < -0.3 is 11.1 Å². The van der Waals surface area contributed by atoms with Gasteiger partial charge in [0.2, 0.25) is 5.91 Å². The number of nitro benzene ring substituents is 1. The number of nitrogens with zero attached hydrogens (tertiary/aromatic N) is 1. The highest BCUT2D eigenvalue weighted by Crippen LogP contribution is 2.31. The van der Waals surface area contributed by atoms with Gasteiger partial charge in [0.05, 0.1) is 10.8 Å². The minimum Gasteiger partial charge on any atom is -0.354 e. The molecule has 2 unspecified atom stereocenters. The third kappa shape index (κ3) is 3.54. The van der Waals surface area contributed by atoms with Gasteiger partial charge in [-0.05, 0) is 31.2 Å². The minimum atomic E-state index is -0.461. The van der Waals surface area contributed by atoms with Gasteiger partial charge in [0.25, 0.3) is 5.69 Å². The third-order valence-electron chi connectivity index (χ3n) is 3.71. The molecule has 0 bridgehead atoms. The summed E-state index contributed by atoms with van der Waals surface area (Å²) in [7, 11) is 0. The number of nitro groups is 1. The van der Waals surface area contributed by atoms with E-state index in [-0.39, 0.29) is 17.6 Å². The largest absolute Gasteiger partial charge is 0.354 e. The summed E-state index contributed by atoms with van der Waals surface area (Å²) >= 11 is 0. The van der Waals surface area contributed by atoms with Gasteiger partial charge in [-0.15, -0.1) is 0 Å². The Morgan fingerprint density at radius 3 is 2.85 bits per heavy atom. The standard InChI is InChI=1S/C14H19N3O3/c1-9(11-3-2-4-12(7-11)17(19)20)14(18)16-8-13(15)10-5-6-10/h2-4,7,9-10,13H,5-6,8,15H2,1H3,(H,16,18). The summed E-state index contributed by atoms with van der Waals surface area (Å²) in [6.07, 6.45) is 2.27. The van der Waals surface area contributed by atoms with Crippen molar-refractivity contribution in [2.75, 3.05) is 6.54 Å². The molecule has 1 aliphatic rings. The van der Waals surface area contributed by atoms with Crippen LogP contribution in [-0.4, -0.2) is 23.4 Å². The van der Waals surface area contributed by atoms with Crippen LogP contribution in [0.1, 0.15) is 31.2 Å². The van der Waals surface area contributed by atoms with Crippen LogP contribution in [0.3, 0.4) is 0 Å². The number of amides is 1. The van der Waals surface area contributed by atoms with Gasteiger partial charge in [0, 0.05) is 24.7 Å². The molecule has 0 radical (unpaired) electrons. The zero-order valence-corrected chi connectivity index (χ0v) is 11.4. The normalized spacial score (nSPS) is 17.3. The summed E-state index contributed by atoms with van der Waals surface area (Å²) in [4.78, 5) is 22.3. The number of rotatable bonds is 6. The first-order valence-electron chi connectivity index (χ1n) is 6.76. The number of hydrogen-bond acceptors (Lipinski definition) is 4. The zero-order chi connectivity index (χ0) is 14.7. The average Bonchev–Trinajstić information content (AvgIpc) is 3.28. The lowest BCUT2D eigenvalue weighted by Gasteiger charge is -2.15. The van der Waals surface area contributed by atoms with Crippen molar-refractivity contribution in [3.05, 3.63) is 39.9 Å². The number of carbonyl (C=O) groups excluding carboxylic acids is 1. The lowest BCUT2D eigenvalue weighted by Crippen LogP contribution is -2.40. The molecular formula is C14H19N3O3. The predicted molar refractivity (Wildman–Crippen MR) is 75.2 cm³/mol. The molecular weight excluding hydrogens is 258 g/mol. The molecule has 6 heteroatoms. The second-order valence-corrected chi connectivity index (χ2v) is 5.32. The molecule has 1 saturated carbocycles. The Kier molecular flexibility index (Phi) is 4.34. The van der Waals surface area contributed by atoms with Gasteiger partial charge in [0.15, 0.2) is 0 Å². The first kappa shape index (κ1) is 14.5. The van der Waals surface area contributed by atoms with E-state index in [4.69, 9.17) is 5.73 Å². The van der Waals surface area contributed by atoms with Gasteiger partial charge in [-0.25, -0.2) is 0 Å².